The maximum Gasteiger partial charge on any atom is 0.362 e. The first-order chi connectivity index (χ1) is 9.00. The van der Waals surface area contributed by atoms with Crippen molar-refractivity contribution in [2.45, 2.75) is 6.54 Å². The zero-order valence-corrected chi connectivity index (χ0v) is 10.5. The van der Waals surface area contributed by atoms with Gasteiger partial charge in [-0.25, -0.2) is 0 Å². The lowest BCUT2D eigenvalue weighted by Gasteiger charge is -2.03. The first-order valence-corrected chi connectivity index (χ1v) is 5.52. The molecule has 2 aromatic rings. The number of halogens is 1. The van der Waals surface area contributed by atoms with E-state index in [4.69, 9.17) is 11.6 Å². The molecule has 0 unspecified atom stereocenters. The molecule has 0 saturated heterocycles. The van der Waals surface area contributed by atoms with Crippen molar-refractivity contribution in [2.24, 2.45) is 7.05 Å². The molecule has 100 valence electrons. The smallest absolute Gasteiger partial charge is 0.358 e. The molecule has 0 aliphatic carbocycles. The van der Waals surface area contributed by atoms with Crippen LogP contribution in [0.1, 0.15) is 16.2 Å². The number of aromatic amines is 1. The Morgan fingerprint density at radius 3 is 2.95 bits per heavy atom. The van der Waals surface area contributed by atoms with Crippen LogP contribution in [0.3, 0.4) is 0 Å². The summed E-state index contributed by atoms with van der Waals surface area (Å²) in [5.41, 5.74) is 0.560. The third-order valence-corrected chi connectivity index (χ3v) is 2.80. The Morgan fingerprint density at radius 1 is 1.68 bits per heavy atom. The molecule has 0 radical (unpaired) electrons. The van der Waals surface area contributed by atoms with Gasteiger partial charge in [0.25, 0.3) is 5.91 Å². The van der Waals surface area contributed by atoms with E-state index in [9.17, 15) is 14.9 Å². The maximum atomic E-state index is 11.8. The number of nitro groups is 1. The van der Waals surface area contributed by atoms with Crippen molar-refractivity contribution in [3.8, 4) is 0 Å². The number of rotatable bonds is 4. The van der Waals surface area contributed by atoms with E-state index in [1.807, 2.05) is 0 Å². The van der Waals surface area contributed by atoms with Crippen LogP contribution in [0, 0.1) is 10.1 Å². The van der Waals surface area contributed by atoms with Gasteiger partial charge in [0, 0.05) is 13.2 Å². The highest BCUT2D eigenvalue weighted by molar-refractivity contribution is 6.35. The topological polar surface area (TPSA) is 119 Å². The van der Waals surface area contributed by atoms with Crippen LogP contribution in [0.25, 0.3) is 0 Å². The third kappa shape index (κ3) is 2.55. The molecule has 2 N–H and O–H groups in total. The molecular weight excluding hydrogens is 276 g/mol. The molecule has 0 spiro atoms. The van der Waals surface area contributed by atoms with Gasteiger partial charge in [0.15, 0.2) is 10.7 Å². The van der Waals surface area contributed by atoms with Crippen LogP contribution < -0.4 is 5.32 Å². The fraction of sp³-hybridized carbons (Fsp3) is 0.222. The lowest BCUT2D eigenvalue weighted by molar-refractivity contribution is -0.389. The van der Waals surface area contributed by atoms with Crippen molar-refractivity contribution in [1.29, 1.82) is 0 Å². The monoisotopic (exact) mass is 284 g/mol. The van der Waals surface area contributed by atoms with E-state index in [1.165, 1.54) is 0 Å². The van der Waals surface area contributed by atoms with E-state index in [0.29, 0.717) is 0 Å². The Bertz CT molecular complexity index is 634. The van der Waals surface area contributed by atoms with Gasteiger partial charge in [-0.1, -0.05) is 16.7 Å². The predicted molar refractivity (Wildman–Crippen MR) is 64.6 cm³/mol. The van der Waals surface area contributed by atoms with Crippen LogP contribution in [-0.4, -0.2) is 30.8 Å². The third-order valence-electron chi connectivity index (χ3n) is 2.44. The largest absolute Gasteiger partial charge is 0.362 e. The second-order valence-electron chi connectivity index (χ2n) is 3.62. The van der Waals surface area contributed by atoms with Crippen molar-refractivity contribution < 1.29 is 9.72 Å². The van der Waals surface area contributed by atoms with Gasteiger partial charge in [0.05, 0.1) is 12.2 Å². The molecule has 0 aliphatic heterocycles. The Kier molecular flexibility index (Phi) is 3.47. The normalized spacial score (nSPS) is 10.4. The van der Waals surface area contributed by atoms with E-state index in [2.05, 4.69) is 20.6 Å². The van der Waals surface area contributed by atoms with Crippen LogP contribution in [0.5, 0.6) is 0 Å². The second kappa shape index (κ2) is 5.06. The number of hydrogen-bond acceptors (Lipinski definition) is 5. The molecule has 2 rings (SSSR count). The lowest BCUT2D eigenvalue weighted by atomic mass is 10.3. The highest BCUT2D eigenvalue weighted by Crippen LogP contribution is 2.24. The van der Waals surface area contributed by atoms with Crippen LogP contribution in [-0.2, 0) is 13.6 Å². The molecule has 9 nitrogen and oxygen atoms in total. The fourth-order valence-corrected chi connectivity index (χ4v) is 1.66. The molecule has 0 fully saturated rings. The Morgan fingerprint density at radius 2 is 2.42 bits per heavy atom. The number of aromatic nitrogens is 4. The minimum Gasteiger partial charge on any atom is -0.358 e. The first-order valence-electron chi connectivity index (χ1n) is 5.14. The van der Waals surface area contributed by atoms with Gasteiger partial charge in [-0.05, 0) is 11.0 Å². The number of nitrogens with one attached hydrogen (secondary N) is 2. The summed E-state index contributed by atoms with van der Waals surface area (Å²) in [6.45, 7) is 0.215. The van der Waals surface area contributed by atoms with Gasteiger partial charge in [-0.3, -0.25) is 9.48 Å². The number of aryl methyl sites for hydroxylation is 1. The maximum absolute atomic E-state index is 11.8. The SMILES string of the molecule is Cn1nccc1CNC(=O)c1n[nH]c([N+](=O)[O-])c1Cl. The zero-order valence-electron chi connectivity index (χ0n) is 9.75. The zero-order chi connectivity index (χ0) is 14.0. The molecule has 0 aliphatic rings. The van der Waals surface area contributed by atoms with Crippen molar-refractivity contribution in [3.63, 3.8) is 0 Å². The molecule has 0 atom stereocenters. The number of nitrogens with zero attached hydrogens (tertiary/aromatic N) is 4. The van der Waals surface area contributed by atoms with E-state index >= 15 is 0 Å². The van der Waals surface area contributed by atoms with Gasteiger partial charge in [-0.2, -0.15) is 5.10 Å². The van der Waals surface area contributed by atoms with E-state index < -0.39 is 16.6 Å². The molecule has 0 bridgehead atoms. The van der Waals surface area contributed by atoms with Crippen molar-refractivity contribution >= 4 is 23.3 Å². The summed E-state index contributed by atoms with van der Waals surface area (Å²) in [5, 5.41) is 22.4. The molecule has 19 heavy (non-hydrogen) atoms. The molecule has 2 aromatic heterocycles. The molecular formula is C9H9ClN6O3. The average Bonchev–Trinajstić information content (AvgIpc) is 2.92. The predicted octanol–water partition coefficient (Wildman–Crippen LogP) is 0.635. The second-order valence-corrected chi connectivity index (χ2v) is 4.00. The summed E-state index contributed by atoms with van der Waals surface area (Å²) in [5.74, 6) is -1.11. The summed E-state index contributed by atoms with van der Waals surface area (Å²) in [4.78, 5) is 21.6. The van der Waals surface area contributed by atoms with Crippen LogP contribution >= 0.6 is 11.6 Å². The average molecular weight is 285 g/mol. The summed E-state index contributed by atoms with van der Waals surface area (Å²) in [7, 11) is 1.73. The van der Waals surface area contributed by atoms with Crippen LogP contribution in [0.4, 0.5) is 5.82 Å². The highest BCUT2D eigenvalue weighted by Gasteiger charge is 2.24. The molecule has 0 saturated carbocycles. The van der Waals surface area contributed by atoms with Gasteiger partial charge in [0.2, 0.25) is 0 Å². The minimum absolute atomic E-state index is 0.212. The van der Waals surface area contributed by atoms with Gasteiger partial charge in [-0.15, -0.1) is 5.10 Å². The lowest BCUT2D eigenvalue weighted by Crippen LogP contribution is -2.24. The Hall–Kier alpha value is -2.42. The molecule has 1 amide bonds. The van der Waals surface area contributed by atoms with Gasteiger partial charge >= 0.3 is 5.82 Å². The summed E-state index contributed by atoms with van der Waals surface area (Å²) in [6.07, 6.45) is 1.59. The first kappa shape index (κ1) is 13.0. The molecule has 0 aromatic carbocycles. The Balaban J connectivity index is 2.08. The molecule has 2 heterocycles. The van der Waals surface area contributed by atoms with Crippen LogP contribution in [0.2, 0.25) is 5.02 Å². The number of H-pyrrole nitrogens is 1. The summed E-state index contributed by atoms with van der Waals surface area (Å²) >= 11 is 5.69. The van der Waals surface area contributed by atoms with Gasteiger partial charge < -0.3 is 15.4 Å². The quantitative estimate of drug-likeness (QED) is 0.630. The molecule has 10 heteroatoms. The van der Waals surface area contributed by atoms with E-state index in [1.54, 1.807) is 24.0 Å². The van der Waals surface area contributed by atoms with Crippen LogP contribution in [0.15, 0.2) is 12.3 Å². The fourth-order valence-electron chi connectivity index (χ4n) is 1.42. The van der Waals surface area contributed by atoms with Crippen molar-refractivity contribution in [1.82, 2.24) is 25.3 Å². The van der Waals surface area contributed by atoms with Crippen molar-refractivity contribution in [3.05, 3.63) is 38.8 Å². The Labute approximate surface area is 111 Å². The number of carbonyl (C=O) groups is 1. The van der Waals surface area contributed by atoms with E-state index in [-0.39, 0.29) is 17.3 Å². The van der Waals surface area contributed by atoms with Gasteiger partial charge in [0.1, 0.15) is 0 Å². The van der Waals surface area contributed by atoms with Crippen molar-refractivity contribution in [2.75, 3.05) is 0 Å². The standard InChI is InChI=1S/C9H9ClN6O3/c1-15-5(2-3-12-15)4-11-9(17)7-6(10)8(14-13-7)16(18)19/h2-3H,4H2,1H3,(H,11,17)(H,13,14). The number of amides is 1. The number of hydrogen-bond donors (Lipinski definition) is 2. The summed E-state index contributed by atoms with van der Waals surface area (Å²) in [6, 6.07) is 1.73. The summed E-state index contributed by atoms with van der Waals surface area (Å²) < 4.78 is 1.59. The van der Waals surface area contributed by atoms with E-state index in [0.717, 1.165) is 5.69 Å². The highest BCUT2D eigenvalue weighted by atomic mass is 35.5. The number of carbonyl (C=O) groups excluding carboxylic acids is 1. The minimum atomic E-state index is -0.743.